The molecule has 2 fully saturated rings. The molecule has 0 radical (unpaired) electrons. The second-order valence-electron chi connectivity index (χ2n) is 12.6. The third-order valence-electron chi connectivity index (χ3n) is 8.45. The van der Waals surface area contributed by atoms with Gasteiger partial charge in [-0.3, -0.25) is 9.59 Å². The normalized spacial score (nSPS) is 18.7. The van der Waals surface area contributed by atoms with E-state index in [4.69, 9.17) is 4.74 Å². The molecule has 3 rings (SSSR count). The first-order valence-corrected chi connectivity index (χ1v) is 14.9. The number of hydrogen-bond acceptors (Lipinski definition) is 5. The maximum Gasteiger partial charge on any atom is 0.416 e. The lowest BCUT2D eigenvalue weighted by atomic mass is 9.66. The third-order valence-corrected chi connectivity index (χ3v) is 8.45. The van der Waals surface area contributed by atoms with Crippen LogP contribution in [-0.2, 0) is 25.2 Å². The van der Waals surface area contributed by atoms with Crippen molar-refractivity contribution in [2.24, 2.45) is 17.8 Å². The van der Waals surface area contributed by atoms with E-state index >= 15 is 4.39 Å². The molecule has 2 saturated carbocycles. The number of esters is 1. The van der Waals surface area contributed by atoms with Crippen LogP contribution in [-0.4, -0.2) is 36.7 Å². The lowest BCUT2D eigenvalue weighted by Crippen LogP contribution is -2.54. The van der Waals surface area contributed by atoms with Crippen LogP contribution in [0, 0.1) is 23.6 Å². The Labute approximate surface area is 245 Å². The van der Waals surface area contributed by atoms with Crippen molar-refractivity contribution in [3.05, 3.63) is 29.1 Å². The number of amides is 2. The molecule has 0 saturated heterocycles. The van der Waals surface area contributed by atoms with Gasteiger partial charge in [0.1, 0.15) is 17.5 Å². The van der Waals surface area contributed by atoms with Crippen LogP contribution in [0.1, 0.15) is 109 Å². The lowest BCUT2D eigenvalue weighted by molar-refractivity contribution is -0.143. The molecule has 11 heteroatoms. The van der Waals surface area contributed by atoms with Crippen LogP contribution in [0.2, 0.25) is 0 Å². The van der Waals surface area contributed by atoms with Crippen molar-refractivity contribution in [1.82, 2.24) is 5.32 Å². The van der Waals surface area contributed by atoms with Gasteiger partial charge < -0.3 is 20.1 Å². The maximum atomic E-state index is 15.3. The van der Waals surface area contributed by atoms with Crippen LogP contribution in [0.25, 0.3) is 0 Å². The Kier molecular flexibility index (Phi) is 11.3. The summed E-state index contributed by atoms with van der Waals surface area (Å²) in [4.78, 5) is 38.9. The average molecular weight is 601 g/mol. The first kappa shape index (κ1) is 33.6. The van der Waals surface area contributed by atoms with Crippen LogP contribution >= 0.6 is 0 Å². The molecule has 0 aliphatic heterocycles. The molecule has 42 heavy (non-hydrogen) atoms. The second-order valence-corrected chi connectivity index (χ2v) is 12.6. The summed E-state index contributed by atoms with van der Waals surface area (Å²) in [6.07, 6.45) is 3.80. The molecule has 0 heterocycles. The molecular weight excluding hydrogens is 556 g/mol. The van der Waals surface area contributed by atoms with Gasteiger partial charge in [0, 0.05) is 0 Å². The van der Waals surface area contributed by atoms with Crippen molar-refractivity contribution in [2.75, 3.05) is 12.4 Å². The smallest absolute Gasteiger partial charge is 0.416 e. The Hall–Kier alpha value is -2.85. The minimum atomic E-state index is -4.94. The number of alkyl carbamates (subject to hydrolysis) is 1. The van der Waals surface area contributed by atoms with Gasteiger partial charge in [0.15, 0.2) is 0 Å². The average Bonchev–Trinajstić information content (AvgIpc) is 2.92. The van der Waals surface area contributed by atoms with E-state index in [9.17, 15) is 27.6 Å². The Morgan fingerprint density at radius 1 is 0.905 bits per heavy atom. The number of rotatable bonds is 8. The number of alkyl halides is 3. The summed E-state index contributed by atoms with van der Waals surface area (Å²) < 4.78 is 67.5. The highest BCUT2D eigenvalue weighted by atomic mass is 19.4. The number of methoxy groups -OCH3 is 1. The van der Waals surface area contributed by atoms with E-state index in [1.165, 1.54) is 6.92 Å². The van der Waals surface area contributed by atoms with E-state index in [1.54, 1.807) is 20.8 Å². The van der Waals surface area contributed by atoms with Crippen molar-refractivity contribution < 1.29 is 41.4 Å². The Bertz CT molecular complexity index is 1090. The van der Waals surface area contributed by atoms with Gasteiger partial charge in [0.05, 0.1) is 24.3 Å². The fourth-order valence-electron chi connectivity index (χ4n) is 6.54. The first-order chi connectivity index (χ1) is 19.6. The first-order valence-electron chi connectivity index (χ1n) is 14.9. The standard InChI is InChI=1S/C31H44F4N2O5/c1-18(28(39)41-5)21-16-23(32)24(17-22(21)31(33,34)35)36-27(38)26(37-29(40)42-30(2,3)4)25(19-12-8-6-9-13-19)20-14-10-7-11-15-20/h16-20,25-26H,6-15H2,1-5H3,(H,36,38)(H,37,40)/t18?,26-/m0/s1. The SMILES string of the molecule is COC(=O)C(C)c1cc(F)c(NC(=O)[C@@H](NC(=O)OC(C)(C)C)C(C2CCCCC2)C2CCCCC2)cc1C(F)(F)F. The molecule has 236 valence electrons. The molecule has 0 aromatic heterocycles. The van der Waals surface area contributed by atoms with E-state index in [0.29, 0.717) is 12.1 Å². The summed E-state index contributed by atoms with van der Waals surface area (Å²) >= 11 is 0. The topological polar surface area (TPSA) is 93.7 Å². The van der Waals surface area contributed by atoms with Gasteiger partial charge in [-0.2, -0.15) is 13.2 Å². The Morgan fingerprint density at radius 3 is 1.88 bits per heavy atom. The number of nitrogens with one attached hydrogen (secondary N) is 2. The summed E-state index contributed by atoms with van der Waals surface area (Å²) in [5.41, 5.74) is -3.40. The number of halogens is 4. The highest BCUT2D eigenvalue weighted by molar-refractivity contribution is 5.97. The third kappa shape index (κ3) is 8.83. The van der Waals surface area contributed by atoms with E-state index < -0.39 is 64.3 Å². The van der Waals surface area contributed by atoms with Gasteiger partial charge >= 0.3 is 18.2 Å². The van der Waals surface area contributed by atoms with Crippen LogP contribution < -0.4 is 10.6 Å². The molecule has 2 atom stereocenters. The minimum absolute atomic E-state index is 0.117. The second kappa shape index (κ2) is 14.1. The van der Waals surface area contributed by atoms with Crippen molar-refractivity contribution in [2.45, 2.75) is 116 Å². The molecule has 2 N–H and O–H groups in total. The van der Waals surface area contributed by atoms with E-state index in [0.717, 1.165) is 71.3 Å². The summed E-state index contributed by atoms with van der Waals surface area (Å²) in [6, 6.07) is -0.0350. The van der Waals surface area contributed by atoms with Gasteiger partial charge in [-0.05, 0) is 63.1 Å². The van der Waals surface area contributed by atoms with Gasteiger partial charge in [-0.25, -0.2) is 9.18 Å². The lowest BCUT2D eigenvalue weighted by Gasteiger charge is -2.42. The van der Waals surface area contributed by atoms with Crippen molar-refractivity contribution >= 4 is 23.7 Å². The van der Waals surface area contributed by atoms with Gasteiger partial charge in [0.2, 0.25) is 5.91 Å². The van der Waals surface area contributed by atoms with Crippen molar-refractivity contribution in [3.8, 4) is 0 Å². The predicted octanol–water partition coefficient (Wildman–Crippen LogP) is 7.73. The highest BCUT2D eigenvalue weighted by Gasteiger charge is 2.43. The molecule has 2 aliphatic carbocycles. The molecule has 1 unspecified atom stereocenters. The summed E-state index contributed by atoms with van der Waals surface area (Å²) in [7, 11) is 1.03. The van der Waals surface area contributed by atoms with Crippen molar-refractivity contribution in [1.29, 1.82) is 0 Å². The zero-order valence-electron chi connectivity index (χ0n) is 25.2. The van der Waals surface area contributed by atoms with E-state index in [1.807, 2.05) is 0 Å². The maximum absolute atomic E-state index is 15.3. The Morgan fingerprint density at radius 2 is 1.43 bits per heavy atom. The highest BCUT2D eigenvalue weighted by Crippen LogP contribution is 2.43. The minimum Gasteiger partial charge on any atom is -0.469 e. The molecule has 1 aromatic rings. The monoisotopic (exact) mass is 600 g/mol. The molecule has 1 aromatic carbocycles. The number of benzene rings is 1. The molecule has 0 spiro atoms. The predicted molar refractivity (Wildman–Crippen MR) is 150 cm³/mol. The molecule has 7 nitrogen and oxygen atoms in total. The largest absolute Gasteiger partial charge is 0.469 e. The van der Waals surface area contributed by atoms with Gasteiger partial charge in [-0.1, -0.05) is 64.2 Å². The molecule has 2 aliphatic rings. The van der Waals surface area contributed by atoms with Crippen LogP contribution in [0.3, 0.4) is 0 Å². The summed E-state index contributed by atoms with van der Waals surface area (Å²) in [6.45, 7) is 6.25. The van der Waals surface area contributed by atoms with Crippen LogP contribution in [0.15, 0.2) is 12.1 Å². The zero-order chi connectivity index (χ0) is 31.2. The van der Waals surface area contributed by atoms with Crippen molar-refractivity contribution in [3.63, 3.8) is 0 Å². The quantitative estimate of drug-likeness (QED) is 0.235. The molecular formula is C31H44F4N2O5. The number of anilines is 1. The number of carbonyl (C=O) groups excluding carboxylic acids is 3. The van der Waals surface area contributed by atoms with Gasteiger partial charge in [0.25, 0.3) is 0 Å². The Balaban J connectivity index is 2.03. The van der Waals surface area contributed by atoms with E-state index in [2.05, 4.69) is 15.4 Å². The number of carbonyl (C=O) groups is 3. The van der Waals surface area contributed by atoms with Crippen LogP contribution in [0.4, 0.5) is 28.0 Å². The zero-order valence-corrected chi connectivity index (χ0v) is 25.2. The van der Waals surface area contributed by atoms with E-state index in [-0.39, 0.29) is 17.8 Å². The fraction of sp³-hybridized carbons (Fsp3) is 0.710. The summed E-state index contributed by atoms with van der Waals surface area (Å²) in [5.74, 6) is -4.34. The van der Waals surface area contributed by atoms with Crippen LogP contribution in [0.5, 0.6) is 0 Å². The molecule has 0 bridgehead atoms. The fourth-order valence-corrected chi connectivity index (χ4v) is 6.54. The summed E-state index contributed by atoms with van der Waals surface area (Å²) in [5, 5.41) is 5.08. The molecule has 2 amide bonds. The number of ether oxygens (including phenoxy) is 2. The number of hydrogen-bond donors (Lipinski definition) is 2. The van der Waals surface area contributed by atoms with Gasteiger partial charge in [-0.15, -0.1) is 0 Å².